The summed E-state index contributed by atoms with van der Waals surface area (Å²) < 4.78 is 46.3. The van der Waals surface area contributed by atoms with E-state index in [-0.39, 0.29) is 18.5 Å². The number of aromatic carboxylic acids is 1. The van der Waals surface area contributed by atoms with Crippen LogP contribution in [0.4, 0.5) is 18.9 Å². The minimum absolute atomic E-state index is 0.0828. The smallest absolute Gasteiger partial charge is 0.341 e. The number of carbonyl (C=O) groups is 1. The Morgan fingerprint density at radius 1 is 1.28 bits per heavy atom. The summed E-state index contributed by atoms with van der Waals surface area (Å²) in [7, 11) is 0. The number of carboxylic acids is 1. The molecule has 2 heterocycles. The molecule has 1 aromatic heterocycles. The number of aromatic nitrogens is 1. The Morgan fingerprint density at radius 3 is 2.55 bits per heavy atom. The van der Waals surface area contributed by atoms with Gasteiger partial charge in [0.25, 0.3) is 0 Å². The van der Waals surface area contributed by atoms with Gasteiger partial charge in [-0.2, -0.15) is 0 Å². The summed E-state index contributed by atoms with van der Waals surface area (Å²) in [5.74, 6) is -5.46. The van der Waals surface area contributed by atoms with E-state index in [4.69, 9.17) is 0 Å². The molecule has 0 radical (unpaired) electrons. The predicted molar refractivity (Wildman–Crippen MR) is 104 cm³/mol. The molecule has 1 aromatic carbocycles. The third-order valence-electron chi connectivity index (χ3n) is 5.30. The van der Waals surface area contributed by atoms with Crippen molar-refractivity contribution in [3.63, 3.8) is 0 Å². The Bertz CT molecular complexity index is 1020. The quantitative estimate of drug-likeness (QED) is 0.715. The lowest BCUT2D eigenvalue weighted by Gasteiger charge is -2.23. The molecule has 2 aromatic rings. The highest BCUT2D eigenvalue weighted by Gasteiger charge is 2.32. The van der Waals surface area contributed by atoms with Crippen molar-refractivity contribution in [1.29, 1.82) is 0 Å². The third kappa shape index (κ3) is 3.71. The van der Waals surface area contributed by atoms with E-state index < -0.39 is 51.0 Å². The van der Waals surface area contributed by atoms with Crippen molar-refractivity contribution < 1.29 is 23.1 Å². The van der Waals surface area contributed by atoms with Crippen LogP contribution in [-0.2, 0) is 6.54 Å². The van der Waals surface area contributed by atoms with Crippen LogP contribution in [0, 0.1) is 23.4 Å². The fraction of sp³-hybridized carbons (Fsp3) is 0.500. The fourth-order valence-corrected chi connectivity index (χ4v) is 3.81. The number of pyridine rings is 1. The van der Waals surface area contributed by atoms with Crippen molar-refractivity contribution in [3.05, 3.63) is 39.4 Å². The predicted octanol–water partition coefficient (Wildman–Crippen LogP) is 2.96. The van der Waals surface area contributed by atoms with E-state index in [2.05, 4.69) is 5.32 Å². The van der Waals surface area contributed by atoms with Crippen LogP contribution in [-0.4, -0.2) is 41.3 Å². The summed E-state index contributed by atoms with van der Waals surface area (Å²) in [6.45, 7) is 7.06. The second kappa shape index (κ2) is 8.06. The molecule has 0 bridgehead atoms. The average Bonchev–Trinajstić information content (AvgIpc) is 3.12. The Morgan fingerprint density at radius 2 is 1.97 bits per heavy atom. The number of carboxylic acid groups (broad SMARTS) is 1. The normalized spacial score (nSPS) is 16.9. The summed E-state index contributed by atoms with van der Waals surface area (Å²) in [5.41, 5.74) is -2.89. The van der Waals surface area contributed by atoms with E-state index in [1.54, 1.807) is 6.92 Å². The lowest BCUT2D eigenvalue weighted by molar-refractivity contribution is 0.0694. The second-order valence-corrected chi connectivity index (χ2v) is 7.64. The Kier molecular flexibility index (Phi) is 5.88. The van der Waals surface area contributed by atoms with Gasteiger partial charge in [0.2, 0.25) is 5.43 Å². The molecule has 6 nitrogen and oxygen atoms in total. The molecule has 1 atom stereocenters. The minimum Gasteiger partial charge on any atom is -0.477 e. The van der Waals surface area contributed by atoms with E-state index in [9.17, 15) is 23.5 Å². The van der Waals surface area contributed by atoms with Crippen molar-refractivity contribution in [2.75, 3.05) is 24.5 Å². The lowest BCUT2D eigenvalue weighted by atomic mass is 10.1. The van der Waals surface area contributed by atoms with E-state index >= 15 is 4.39 Å². The number of hydrogen-bond donors (Lipinski definition) is 2. The van der Waals surface area contributed by atoms with Crippen LogP contribution in [0.3, 0.4) is 0 Å². The summed E-state index contributed by atoms with van der Waals surface area (Å²) in [4.78, 5) is 25.2. The number of nitrogens with zero attached hydrogens (tertiary/aromatic N) is 2. The molecule has 1 unspecified atom stereocenters. The Hall–Kier alpha value is -2.55. The van der Waals surface area contributed by atoms with E-state index in [0.717, 1.165) is 10.8 Å². The number of fused-ring (bicyclic) bond motifs is 1. The fourth-order valence-electron chi connectivity index (χ4n) is 3.81. The van der Waals surface area contributed by atoms with Crippen molar-refractivity contribution in [2.45, 2.75) is 39.8 Å². The van der Waals surface area contributed by atoms with Crippen LogP contribution in [0.25, 0.3) is 10.9 Å². The van der Waals surface area contributed by atoms with E-state index in [1.807, 2.05) is 13.8 Å². The molecule has 3 rings (SSSR count). The molecule has 2 N–H and O–H groups in total. The highest BCUT2D eigenvalue weighted by Crippen LogP contribution is 2.35. The SMILES string of the molecule is CCn1cc(C(=O)O)c(=O)c2c(F)c(F)c(N3CCC(CNC(C)C)C3)c(F)c21. The maximum atomic E-state index is 15.4. The van der Waals surface area contributed by atoms with Gasteiger partial charge in [-0.25, -0.2) is 18.0 Å². The highest BCUT2D eigenvalue weighted by molar-refractivity contribution is 5.94. The van der Waals surface area contributed by atoms with Gasteiger partial charge in [0.1, 0.15) is 11.3 Å². The number of rotatable bonds is 6. The van der Waals surface area contributed by atoms with Crippen LogP contribution >= 0.6 is 0 Å². The number of nitrogens with one attached hydrogen (secondary N) is 1. The summed E-state index contributed by atoms with van der Waals surface area (Å²) in [5, 5.41) is 11.6. The van der Waals surface area contributed by atoms with Gasteiger partial charge in [-0.05, 0) is 25.8 Å². The molecule has 158 valence electrons. The summed E-state index contributed by atoms with van der Waals surface area (Å²) in [6.07, 6.45) is 1.66. The van der Waals surface area contributed by atoms with Crippen molar-refractivity contribution in [2.24, 2.45) is 5.92 Å². The number of aryl methyl sites for hydroxylation is 1. The zero-order valence-electron chi connectivity index (χ0n) is 16.6. The van der Waals surface area contributed by atoms with E-state index in [1.165, 1.54) is 4.90 Å². The largest absolute Gasteiger partial charge is 0.477 e. The second-order valence-electron chi connectivity index (χ2n) is 7.64. The molecular weight excluding hydrogens is 387 g/mol. The van der Waals surface area contributed by atoms with Crippen molar-refractivity contribution >= 4 is 22.6 Å². The molecule has 29 heavy (non-hydrogen) atoms. The number of hydrogen-bond acceptors (Lipinski definition) is 4. The standard InChI is InChI=1S/C20H24F3N3O3/c1-4-25-9-12(20(28)29)19(27)13-14(21)15(22)18(16(23)17(13)25)26-6-5-11(8-26)7-24-10(2)3/h9-11,24H,4-8H2,1-3H3,(H,28,29). The minimum atomic E-state index is -1.58. The first-order chi connectivity index (χ1) is 13.7. The molecular formula is C20H24F3N3O3. The van der Waals surface area contributed by atoms with Crippen molar-refractivity contribution in [1.82, 2.24) is 9.88 Å². The molecule has 1 aliphatic heterocycles. The molecule has 0 spiro atoms. The van der Waals surface area contributed by atoms with Gasteiger partial charge in [-0.1, -0.05) is 13.8 Å². The molecule has 1 aliphatic rings. The van der Waals surface area contributed by atoms with Gasteiger partial charge in [0.15, 0.2) is 17.5 Å². The molecule has 9 heteroatoms. The maximum absolute atomic E-state index is 15.4. The Labute approximate surface area is 165 Å². The zero-order valence-corrected chi connectivity index (χ0v) is 16.6. The first kappa shape index (κ1) is 21.2. The first-order valence-corrected chi connectivity index (χ1v) is 9.62. The molecule has 1 fully saturated rings. The third-order valence-corrected chi connectivity index (χ3v) is 5.30. The highest BCUT2D eigenvalue weighted by atomic mass is 19.2. The lowest BCUT2D eigenvalue weighted by Crippen LogP contribution is -2.31. The van der Waals surface area contributed by atoms with Gasteiger partial charge in [0.05, 0.1) is 10.9 Å². The van der Waals surface area contributed by atoms with Crippen LogP contribution < -0.4 is 15.6 Å². The van der Waals surface area contributed by atoms with Gasteiger partial charge < -0.3 is 19.9 Å². The molecule has 0 aliphatic carbocycles. The topological polar surface area (TPSA) is 74.6 Å². The van der Waals surface area contributed by atoms with Gasteiger partial charge in [-0.3, -0.25) is 4.79 Å². The van der Waals surface area contributed by atoms with Crippen LogP contribution in [0.2, 0.25) is 0 Å². The van der Waals surface area contributed by atoms with Gasteiger partial charge >= 0.3 is 5.97 Å². The van der Waals surface area contributed by atoms with Crippen LogP contribution in [0.5, 0.6) is 0 Å². The maximum Gasteiger partial charge on any atom is 0.341 e. The number of halogens is 3. The Balaban J connectivity index is 2.15. The number of benzene rings is 1. The molecule has 0 saturated carbocycles. The van der Waals surface area contributed by atoms with Crippen LogP contribution in [0.15, 0.2) is 11.0 Å². The number of anilines is 1. The monoisotopic (exact) mass is 411 g/mol. The summed E-state index contributed by atoms with van der Waals surface area (Å²) in [6, 6.07) is 0.276. The molecule has 0 amide bonds. The van der Waals surface area contributed by atoms with Crippen molar-refractivity contribution in [3.8, 4) is 0 Å². The summed E-state index contributed by atoms with van der Waals surface area (Å²) >= 11 is 0. The van der Waals surface area contributed by atoms with Crippen LogP contribution in [0.1, 0.15) is 37.6 Å². The van der Waals surface area contributed by atoms with E-state index in [0.29, 0.717) is 26.1 Å². The average molecular weight is 411 g/mol. The van der Waals surface area contributed by atoms with Gasteiger partial charge in [-0.15, -0.1) is 0 Å². The first-order valence-electron chi connectivity index (χ1n) is 9.62. The van der Waals surface area contributed by atoms with Gasteiger partial charge in [0, 0.05) is 31.9 Å². The zero-order chi connectivity index (χ0) is 21.5. The molecule has 1 saturated heterocycles.